The van der Waals surface area contributed by atoms with Gasteiger partial charge in [0.05, 0.1) is 6.21 Å². The summed E-state index contributed by atoms with van der Waals surface area (Å²) in [5, 5.41) is 4.18. The van der Waals surface area contributed by atoms with Crippen LogP contribution in [0.4, 0.5) is 0 Å². The Morgan fingerprint density at radius 2 is 2.33 bits per heavy atom. The molecule has 2 aliphatic rings. The summed E-state index contributed by atoms with van der Waals surface area (Å²) in [6, 6.07) is 0. The predicted molar refractivity (Wildman–Crippen MR) is 50.0 cm³/mol. The second kappa shape index (κ2) is 2.66. The third-order valence-electron chi connectivity index (χ3n) is 1.98. The second-order valence-corrected chi connectivity index (χ2v) is 3.28. The van der Waals surface area contributed by atoms with Gasteiger partial charge in [-0.25, -0.2) is 4.99 Å². The van der Waals surface area contributed by atoms with Gasteiger partial charge in [-0.1, -0.05) is 18.5 Å². The standard InChI is InChI=1S/C9H12N3/c1-7(2)8-6-12-9(11-8)4-3-5-10-12/h3-7,9H,1-2H3/q+1. The van der Waals surface area contributed by atoms with Crippen LogP contribution in [0.25, 0.3) is 0 Å². The molecule has 0 aromatic heterocycles. The minimum absolute atomic E-state index is 0.118. The Labute approximate surface area is 71.8 Å². The lowest BCUT2D eigenvalue weighted by atomic mass is 10.1. The highest BCUT2D eigenvalue weighted by molar-refractivity contribution is 6.30. The van der Waals surface area contributed by atoms with Crippen LogP contribution in [0, 0.1) is 5.92 Å². The topological polar surface area (TPSA) is 27.7 Å². The molecule has 1 unspecified atom stereocenters. The Kier molecular flexibility index (Phi) is 1.64. The molecule has 0 amide bonds. The molecule has 0 saturated heterocycles. The fraction of sp³-hybridized carbons (Fsp3) is 0.444. The summed E-state index contributed by atoms with van der Waals surface area (Å²) in [4.78, 5) is 4.50. The number of aliphatic imine (C=N–C) groups is 1. The SMILES string of the molecule is CC(C)C1=NC2C=CC=N[N+]2=C1. The van der Waals surface area contributed by atoms with Crippen molar-refractivity contribution in [2.24, 2.45) is 16.0 Å². The highest BCUT2D eigenvalue weighted by Crippen LogP contribution is 2.10. The maximum Gasteiger partial charge on any atom is 0.296 e. The van der Waals surface area contributed by atoms with E-state index in [1.807, 2.05) is 23.1 Å². The lowest BCUT2D eigenvalue weighted by Gasteiger charge is -1.97. The molecule has 12 heavy (non-hydrogen) atoms. The van der Waals surface area contributed by atoms with Gasteiger partial charge in [-0.15, -0.1) is 0 Å². The number of hydrogen-bond acceptors (Lipinski definition) is 2. The number of rotatable bonds is 1. The molecule has 0 saturated carbocycles. The molecule has 2 rings (SSSR count). The van der Waals surface area contributed by atoms with Crippen molar-refractivity contribution in [3.8, 4) is 0 Å². The molecule has 0 aliphatic carbocycles. The predicted octanol–water partition coefficient (Wildman–Crippen LogP) is 1.06. The maximum atomic E-state index is 4.50. The molecular formula is C9H12N3+. The Morgan fingerprint density at radius 3 is 3.00 bits per heavy atom. The molecule has 3 nitrogen and oxygen atoms in total. The van der Waals surface area contributed by atoms with E-state index in [4.69, 9.17) is 0 Å². The van der Waals surface area contributed by atoms with Gasteiger partial charge in [0.15, 0.2) is 0 Å². The number of allylic oxidation sites excluding steroid dienone is 1. The molecule has 0 fully saturated rings. The van der Waals surface area contributed by atoms with E-state index in [1.54, 1.807) is 6.21 Å². The highest BCUT2D eigenvalue weighted by Gasteiger charge is 2.27. The van der Waals surface area contributed by atoms with Crippen LogP contribution in [0.1, 0.15) is 13.8 Å². The largest absolute Gasteiger partial charge is 0.296 e. The van der Waals surface area contributed by atoms with Crippen molar-refractivity contribution >= 4 is 18.1 Å². The van der Waals surface area contributed by atoms with Gasteiger partial charge >= 0.3 is 0 Å². The number of fused-ring (bicyclic) bond motifs is 1. The summed E-state index contributed by atoms with van der Waals surface area (Å²) < 4.78 is 1.88. The van der Waals surface area contributed by atoms with Crippen LogP contribution < -0.4 is 0 Å². The van der Waals surface area contributed by atoms with E-state index >= 15 is 0 Å². The van der Waals surface area contributed by atoms with Gasteiger partial charge in [-0.3, -0.25) is 0 Å². The molecule has 1 atom stereocenters. The van der Waals surface area contributed by atoms with E-state index in [2.05, 4.69) is 23.9 Å². The molecule has 0 aromatic carbocycles. The third-order valence-corrected chi connectivity index (χ3v) is 1.98. The van der Waals surface area contributed by atoms with E-state index < -0.39 is 0 Å². The normalized spacial score (nSPS) is 25.8. The lowest BCUT2D eigenvalue weighted by molar-refractivity contribution is -0.549. The molecule has 0 aromatic rings. The van der Waals surface area contributed by atoms with Crippen molar-refractivity contribution in [3.05, 3.63) is 12.2 Å². The van der Waals surface area contributed by atoms with Crippen molar-refractivity contribution < 1.29 is 4.68 Å². The number of hydrogen-bond donors (Lipinski definition) is 0. The fourth-order valence-corrected chi connectivity index (χ4v) is 1.25. The molecule has 0 radical (unpaired) electrons. The van der Waals surface area contributed by atoms with E-state index in [-0.39, 0.29) is 6.17 Å². The van der Waals surface area contributed by atoms with E-state index in [0.717, 1.165) is 5.71 Å². The van der Waals surface area contributed by atoms with E-state index in [1.165, 1.54) is 0 Å². The fourth-order valence-electron chi connectivity index (χ4n) is 1.25. The molecule has 2 aliphatic heterocycles. The maximum absolute atomic E-state index is 4.50. The average molecular weight is 162 g/mol. The van der Waals surface area contributed by atoms with Crippen LogP contribution in [0.2, 0.25) is 0 Å². The quantitative estimate of drug-likeness (QED) is 0.516. The Morgan fingerprint density at radius 1 is 1.50 bits per heavy atom. The van der Waals surface area contributed by atoms with Crippen molar-refractivity contribution in [2.45, 2.75) is 20.0 Å². The van der Waals surface area contributed by atoms with Gasteiger partial charge in [-0.05, 0) is 11.2 Å². The molecule has 0 bridgehead atoms. The van der Waals surface area contributed by atoms with Crippen molar-refractivity contribution in [2.75, 3.05) is 0 Å². The van der Waals surface area contributed by atoms with E-state index in [9.17, 15) is 0 Å². The zero-order valence-electron chi connectivity index (χ0n) is 7.31. The van der Waals surface area contributed by atoms with Crippen LogP contribution in [-0.2, 0) is 0 Å². The molecule has 2 heterocycles. The Balaban J connectivity index is 2.29. The molecular weight excluding hydrogens is 150 g/mol. The Hall–Kier alpha value is -1.25. The smallest absolute Gasteiger partial charge is 0.209 e. The summed E-state index contributed by atoms with van der Waals surface area (Å²) in [5.41, 5.74) is 1.13. The van der Waals surface area contributed by atoms with Gasteiger partial charge in [-0.2, -0.15) is 0 Å². The first-order valence-corrected chi connectivity index (χ1v) is 4.19. The molecule has 0 spiro atoms. The highest BCUT2D eigenvalue weighted by atomic mass is 15.4. The monoisotopic (exact) mass is 162 g/mol. The van der Waals surface area contributed by atoms with Gasteiger partial charge in [0, 0.05) is 12.0 Å². The van der Waals surface area contributed by atoms with Crippen LogP contribution >= 0.6 is 0 Å². The van der Waals surface area contributed by atoms with Gasteiger partial charge in [0.25, 0.3) is 6.17 Å². The summed E-state index contributed by atoms with van der Waals surface area (Å²) in [5.74, 6) is 0.485. The number of hydrazone groups is 1. The summed E-state index contributed by atoms with van der Waals surface area (Å²) in [6.07, 6.45) is 7.88. The minimum Gasteiger partial charge on any atom is -0.209 e. The first-order chi connectivity index (χ1) is 5.77. The molecule has 0 N–H and O–H groups in total. The zero-order valence-corrected chi connectivity index (χ0v) is 7.31. The van der Waals surface area contributed by atoms with Crippen LogP contribution in [-0.4, -0.2) is 29.0 Å². The second-order valence-electron chi connectivity index (χ2n) is 3.28. The van der Waals surface area contributed by atoms with Crippen molar-refractivity contribution in [1.29, 1.82) is 0 Å². The van der Waals surface area contributed by atoms with Crippen molar-refractivity contribution in [1.82, 2.24) is 0 Å². The van der Waals surface area contributed by atoms with Gasteiger partial charge < -0.3 is 0 Å². The van der Waals surface area contributed by atoms with E-state index in [0.29, 0.717) is 5.92 Å². The lowest BCUT2D eigenvalue weighted by Crippen LogP contribution is -2.16. The van der Waals surface area contributed by atoms with Gasteiger partial charge in [0.2, 0.25) is 6.21 Å². The molecule has 62 valence electrons. The van der Waals surface area contributed by atoms with Crippen LogP contribution in [0.15, 0.2) is 22.2 Å². The van der Waals surface area contributed by atoms with Gasteiger partial charge in [0.1, 0.15) is 5.71 Å². The third kappa shape index (κ3) is 1.11. The molecule has 3 heteroatoms. The first-order valence-electron chi connectivity index (χ1n) is 4.19. The minimum atomic E-state index is 0.118. The van der Waals surface area contributed by atoms with Crippen LogP contribution in [0.3, 0.4) is 0 Å². The van der Waals surface area contributed by atoms with Crippen LogP contribution in [0.5, 0.6) is 0 Å². The Bertz CT molecular complexity index is 308. The summed E-state index contributed by atoms with van der Waals surface area (Å²) >= 11 is 0. The van der Waals surface area contributed by atoms with Crippen molar-refractivity contribution in [3.63, 3.8) is 0 Å². The summed E-state index contributed by atoms with van der Waals surface area (Å²) in [6.45, 7) is 4.28. The zero-order chi connectivity index (χ0) is 8.55. The number of nitrogens with zero attached hydrogens (tertiary/aromatic N) is 3. The summed E-state index contributed by atoms with van der Waals surface area (Å²) in [7, 11) is 0. The first kappa shape index (κ1) is 7.40. The average Bonchev–Trinajstić information content (AvgIpc) is 2.46.